The molecule has 4 N–H and O–H groups in total. The molecule has 2 heterocycles. The van der Waals surface area contributed by atoms with Crippen molar-refractivity contribution in [3.63, 3.8) is 0 Å². The summed E-state index contributed by atoms with van der Waals surface area (Å²) in [6, 6.07) is 8.79. The molecule has 8 nitrogen and oxygen atoms in total. The van der Waals surface area contributed by atoms with Crippen molar-refractivity contribution in [2.45, 2.75) is 155 Å². The maximum absolute atomic E-state index is 13.5. The van der Waals surface area contributed by atoms with Gasteiger partial charge in [0.15, 0.2) is 0 Å². The van der Waals surface area contributed by atoms with E-state index in [1.165, 1.54) is 0 Å². The number of carbonyl (C=O) groups is 2. The van der Waals surface area contributed by atoms with E-state index in [-0.39, 0.29) is 46.6 Å². The lowest BCUT2D eigenvalue weighted by molar-refractivity contribution is -0.120. The number of amides is 2. The maximum Gasteiger partial charge on any atom is 0.227 e. The Kier molecular flexibility index (Phi) is 10.8. The molecule has 50 heavy (non-hydrogen) atoms. The molecule has 0 saturated heterocycles. The number of carbonyl (C=O) groups excluding carboxylic acids is 2. The van der Waals surface area contributed by atoms with E-state index in [0.717, 1.165) is 72.2 Å². The van der Waals surface area contributed by atoms with Gasteiger partial charge in [-0.1, -0.05) is 93.2 Å². The lowest BCUT2D eigenvalue weighted by Gasteiger charge is -2.48. The lowest BCUT2D eigenvalue weighted by atomic mass is 9.61. The van der Waals surface area contributed by atoms with Gasteiger partial charge in [0, 0.05) is 83.4 Å². The molecule has 1 aliphatic carbocycles. The molecule has 1 fully saturated rings. The number of hydrogen-bond donors (Lipinski definition) is 4. The molecule has 8 heteroatoms. The number of nitrogens with zero attached hydrogens (tertiary/aromatic N) is 2. The molecule has 1 saturated carbocycles. The molecule has 276 valence electrons. The van der Waals surface area contributed by atoms with E-state index in [1.807, 2.05) is 26.0 Å². The van der Waals surface area contributed by atoms with Gasteiger partial charge < -0.3 is 30.6 Å². The molecule has 2 aromatic rings. The molecule has 2 aliphatic heterocycles. The Labute approximate surface area is 301 Å². The molecule has 3 aliphatic rings. The summed E-state index contributed by atoms with van der Waals surface area (Å²) >= 11 is 0. The van der Waals surface area contributed by atoms with Crippen LogP contribution in [0.4, 0.5) is 22.7 Å². The molecule has 5 rings (SSSR count). The summed E-state index contributed by atoms with van der Waals surface area (Å²) in [6.07, 6.45) is 3.75. The van der Waals surface area contributed by atoms with Crippen molar-refractivity contribution in [2.75, 3.05) is 34.5 Å². The first-order valence-corrected chi connectivity index (χ1v) is 19.2. The number of nitrogens with one attached hydrogen (secondary N) is 2. The van der Waals surface area contributed by atoms with Crippen LogP contribution in [-0.4, -0.2) is 60.4 Å². The van der Waals surface area contributed by atoms with E-state index in [1.54, 1.807) is 0 Å². The zero-order valence-electron chi connectivity index (χ0n) is 32.8. The molecule has 0 radical (unpaired) electrons. The Hall–Kier alpha value is -3.10. The topological polar surface area (TPSA) is 105 Å². The highest BCUT2D eigenvalue weighted by molar-refractivity contribution is 5.95. The number of anilines is 4. The van der Waals surface area contributed by atoms with Gasteiger partial charge in [0.05, 0.1) is 12.2 Å². The van der Waals surface area contributed by atoms with Gasteiger partial charge >= 0.3 is 0 Å². The van der Waals surface area contributed by atoms with Crippen LogP contribution in [0, 0.1) is 11.8 Å². The zero-order chi connectivity index (χ0) is 37.0. The Bertz CT molecular complexity index is 1470. The quantitative estimate of drug-likeness (QED) is 0.180. The largest absolute Gasteiger partial charge is 0.392 e. The number of likely N-dealkylation sites (N-methyl/N-ethyl adjacent to an activating group) is 2. The molecule has 0 spiro atoms. The van der Waals surface area contributed by atoms with Gasteiger partial charge in [0.25, 0.3) is 0 Å². The highest BCUT2D eigenvalue weighted by Crippen LogP contribution is 2.56. The van der Waals surface area contributed by atoms with Gasteiger partial charge in [-0.3, -0.25) is 9.59 Å². The number of hydrogen-bond acceptors (Lipinski definition) is 6. The fourth-order valence-corrected chi connectivity index (χ4v) is 8.67. The van der Waals surface area contributed by atoms with Gasteiger partial charge in [0.2, 0.25) is 11.8 Å². The normalized spacial score (nSPS) is 27.3. The summed E-state index contributed by atoms with van der Waals surface area (Å²) < 4.78 is 0. The van der Waals surface area contributed by atoms with E-state index >= 15 is 0 Å². The molecule has 0 aromatic heterocycles. The Balaban J connectivity index is 1.57. The van der Waals surface area contributed by atoms with Gasteiger partial charge in [-0.15, -0.1) is 0 Å². The van der Waals surface area contributed by atoms with Crippen LogP contribution >= 0.6 is 0 Å². The smallest absolute Gasteiger partial charge is 0.227 e. The summed E-state index contributed by atoms with van der Waals surface area (Å²) in [4.78, 5) is 31.5. The second kappa shape index (κ2) is 14.1. The SMILES string of the molecule is CCCCC(C)C(=O)Nc1cc2c(cc1C1C(O)C(c3cc4c(cc3NC(=O)[C@@H](C)CCCC)N(C)C(C)C4(C)C)C1O)C(C)(C)C(C)N2C. The van der Waals surface area contributed by atoms with E-state index in [0.29, 0.717) is 11.4 Å². The number of fused-ring (bicyclic) bond motifs is 2. The van der Waals surface area contributed by atoms with Gasteiger partial charge in [-0.05, 0) is 61.1 Å². The van der Waals surface area contributed by atoms with Gasteiger partial charge in [-0.2, -0.15) is 0 Å². The Morgan fingerprint density at radius 1 is 0.700 bits per heavy atom. The molecule has 5 unspecified atom stereocenters. The predicted octanol–water partition coefficient (Wildman–Crippen LogP) is 8.05. The fourth-order valence-electron chi connectivity index (χ4n) is 8.67. The average molecular weight is 689 g/mol. The van der Waals surface area contributed by atoms with Crippen LogP contribution in [0.5, 0.6) is 0 Å². The summed E-state index contributed by atoms with van der Waals surface area (Å²) in [6.45, 7) is 21.5. The third-order valence-electron chi connectivity index (χ3n) is 13.3. The molecule has 6 atom stereocenters. The van der Waals surface area contributed by atoms with Crippen LogP contribution < -0.4 is 20.4 Å². The highest BCUT2D eigenvalue weighted by Gasteiger charge is 2.54. The van der Waals surface area contributed by atoms with E-state index < -0.39 is 24.0 Å². The predicted molar refractivity (Wildman–Crippen MR) is 207 cm³/mol. The molecular formula is C42H64N4O4. The minimum atomic E-state index is -0.929. The van der Waals surface area contributed by atoms with Crippen LogP contribution in [-0.2, 0) is 20.4 Å². The van der Waals surface area contributed by atoms with Crippen molar-refractivity contribution >= 4 is 34.6 Å². The minimum Gasteiger partial charge on any atom is -0.392 e. The molecular weight excluding hydrogens is 624 g/mol. The minimum absolute atomic E-state index is 0.0475. The van der Waals surface area contributed by atoms with Crippen LogP contribution in [0.3, 0.4) is 0 Å². The molecule has 2 amide bonds. The zero-order valence-corrected chi connectivity index (χ0v) is 32.8. The second-order valence-electron chi connectivity index (χ2n) is 17.0. The fraction of sp³-hybridized carbons (Fsp3) is 0.667. The standard InChI is InChI=1S/C42H64N4O4/c1-13-15-17-23(3)39(49)43-31-21-33-29(41(7,8)25(5)45(33)11)19-27(31)35-37(47)36(38(35)48)28-20-30-34(46(12)26(6)42(30,9)10)22-32(28)44-40(50)24(4)18-16-14-2/h19-26,35-38,47-48H,13-18H2,1-12H3,(H,43,49)(H,44,50)/t23-,24?,25?,26?,35?,36?,37?,38?/m0/s1. The van der Waals surface area contributed by atoms with Gasteiger partial charge in [-0.25, -0.2) is 0 Å². The van der Waals surface area contributed by atoms with Crippen molar-refractivity contribution in [3.05, 3.63) is 46.5 Å². The first-order chi connectivity index (χ1) is 23.4. The third kappa shape index (κ3) is 6.33. The van der Waals surface area contributed by atoms with Crippen LogP contribution in [0.25, 0.3) is 0 Å². The van der Waals surface area contributed by atoms with Crippen LogP contribution in [0.2, 0.25) is 0 Å². The summed E-state index contributed by atoms with van der Waals surface area (Å²) in [5.41, 5.74) is 6.90. The number of unbranched alkanes of at least 4 members (excludes halogenated alkanes) is 2. The van der Waals surface area contributed by atoms with E-state index in [2.05, 4.69) is 102 Å². The number of aliphatic hydroxyl groups excluding tert-OH is 2. The van der Waals surface area contributed by atoms with Crippen molar-refractivity contribution in [1.29, 1.82) is 0 Å². The van der Waals surface area contributed by atoms with E-state index in [4.69, 9.17) is 0 Å². The summed E-state index contributed by atoms with van der Waals surface area (Å²) in [5.74, 6) is -1.64. The van der Waals surface area contributed by atoms with Crippen LogP contribution in [0.1, 0.15) is 142 Å². The monoisotopic (exact) mass is 688 g/mol. The summed E-state index contributed by atoms with van der Waals surface area (Å²) in [5, 5.41) is 30.8. The van der Waals surface area contributed by atoms with Crippen molar-refractivity contribution < 1.29 is 19.8 Å². The average Bonchev–Trinajstić information content (AvgIpc) is 3.34. The Morgan fingerprint density at radius 3 is 1.36 bits per heavy atom. The first kappa shape index (κ1) is 38.1. The number of rotatable bonds is 12. The first-order valence-electron chi connectivity index (χ1n) is 19.2. The lowest BCUT2D eigenvalue weighted by Crippen LogP contribution is -2.52. The van der Waals surface area contributed by atoms with Gasteiger partial charge in [0.1, 0.15) is 0 Å². The molecule has 2 aromatic carbocycles. The Morgan fingerprint density at radius 2 is 1.04 bits per heavy atom. The highest BCUT2D eigenvalue weighted by atomic mass is 16.3. The second-order valence-corrected chi connectivity index (χ2v) is 17.0. The van der Waals surface area contributed by atoms with Crippen molar-refractivity contribution in [2.24, 2.45) is 11.8 Å². The van der Waals surface area contributed by atoms with E-state index in [9.17, 15) is 19.8 Å². The molecule has 0 bridgehead atoms. The number of benzene rings is 2. The number of aliphatic hydroxyl groups is 2. The maximum atomic E-state index is 13.5. The van der Waals surface area contributed by atoms with Crippen LogP contribution in [0.15, 0.2) is 24.3 Å². The third-order valence-corrected chi connectivity index (χ3v) is 13.3. The summed E-state index contributed by atoms with van der Waals surface area (Å²) in [7, 11) is 4.17. The van der Waals surface area contributed by atoms with Crippen molar-refractivity contribution in [3.8, 4) is 0 Å². The van der Waals surface area contributed by atoms with Crippen molar-refractivity contribution in [1.82, 2.24) is 0 Å².